The van der Waals surface area contributed by atoms with Gasteiger partial charge in [0, 0.05) is 60.9 Å². The number of H-pyrrole nitrogens is 1. The van der Waals surface area contributed by atoms with Gasteiger partial charge in [-0.15, -0.1) is 0 Å². The van der Waals surface area contributed by atoms with E-state index in [0.717, 1.165) is 57.3 Å². The molecule has 5 heterocycles. The SMILES string of the molecule is Cc1c[nH]c2ncc(-c3cc4c(c([C@@H]5CCCN5C(=O)OC(C)(C)C)c3)CN(C(=O)C(O)c3cccnc3)CC4)cc12. The zero-order valence-corrected chi connectivity index (χ0v) is 24.6. The number of likely N-dealkylation sites (tertiary alicyclic amines) is 1. The second-order valence-corrected chi connectivity index (χ2v) is 12.3. The number of pyridine rings is 2. The van der Waals surface area contributed by atoms with Crippen LogP contribution < -0.4 is 0 Å². The van der Waals surface area contributed by atoms with Gasteiger partial charge in [-0.3, -0.25) is 9.78 Å². The number of aryl methyl sites for hydroxylation is 1. The van der Waals surface area contributed by atoms with Gasteiger partial charge in [-0.05, 0) is 93.0 Å². The van der Waals surface area contributed by atoms with Crippen LogP contribution >= 0.6 is 0 Å². The summed E-state index contributed by atoms with van der Waals surface area (Å²) >= 11 is 0. The molecule has 1 fully saturated rings. The van der Waals surface area contributed by atoms with Gasteiger partial charge in [-0.25, -0.2) is 9.78 Å². The van der Waals surface area contributed by atoms with Crippen LogP contribution in [0.5, 0.6) is 0 Å². The summed E-state index contributed by atoms with van der Waals surface area (Å²) in [5, 5.41) is 11.9. The van der Waals surface area contributed by atoms with E-state index in [1.165, 1.54) is 6.20 Å². The highest BCUT2D eigenvalue weighted by Gasteiger charge is 2.37. The van der Waals surface area contributed by atoms with Crippen molar-refractivity contribution >= 4 is 23.0 Å². The van der Waals surface area contributed by atoms with Crippen LogP contribution in [-0.2, 0) is 22.5 Å². The number of carbonyl (C=O) groups is 2. The van der Waals surface area contributed by atoms with E-state index in [9.17, 15) is 14.7 Å². The van der Waals surface area contributed by atoms with Crippen LogP contribution in [0.3, 0.4) is 0 Å². The highest BCUT2D eigenvalue weighted by atomic mass is 16.6. The van der Waals surface area contributed by atoms with E-state index in [2.05, 4.69) is 40.1 Å². The van der Waals surface area contributed by atoms with E-state index in [-0.39, 0.29) is 18.0 Å². The number of fused-ring (bicyclic) bond motifs is 2. The maximum absolute atomic E-state index is 13.4. The summed E-state index contributed by atoms with van der Waals surface area (Å²) in [6, 6.07) is 9.74. The second-order valence-electron chi connectivity index (χ2n) is 12.3. The maximum atomic E-state index is 13.4. The Kier molecular flexibility index (Phi) is 7.22. The number of aromatic nitrogens is 3. The van der Waals surface area contributed by atoms with Crippen LogP contribution in [0.25, 0.3) is 22.2 Å². The summed E-state index contributed by atoms with van der Waals surface area (Å²) < 4.78 is 5.79. The van der Waals surface area contributed by atoms with Crippen molar-refractivity contribution in [1.82, 2.24) is 24.8 Å². The molecule has 218 valence electrons. The third-order valence-electron chi connectivity index (χ3n) is 8.23. The molecule has 1 saturated heterocycles. The second kappa shape index (κ2) is 10.9. The van der Waals surface area contributed by atoms with Gasteiger partial charge in [0.25, 0.3) is 5.91 Å². The molecule has 3 aromatic heterocycles. The molecule has 9 heteroatoms. The van der Waals surface area contributed by atoms with E-state index in [0.29, 0.717) is 31.6 Å². The topological polar surface area (TPSA) is 112 Å². The minimum atomic E-state index is -1.28. The van der Waals surface area contributed by atoms with Crippen molar-refractivity contribution in [3.63, 3.8) is 0 Å². The number of benzene rings is 1. The van der Waals surface area contributed by atoms with Gasteiger partial charge in [0.15, 0.2) is 6.10 Å². The lowest BCUT2D eigenvalue weighted by molar-refractivity contribution is -0.141. The Labute approximate surface area is 245 Å². The number of rotatable bonds is 4. The largest absolute Gasteiger partial charge is 0.444 e. The zero-order valence-electron chi connectivity index (χ0n) is 24.6. The van der Waals surface area contributed by atoms with Crippen LogP contribution in [0, 0.1) is 6.92 Å². The third kappa shape index (κ3) is 5.36. The Bertz CT molecular complexity index is 1640. The Balaban J connectivity index is 1.40. The molecule has 42 heavy (non-hydrogen) atoms. The molecule has 1 unspecified atom stereocenters. The lowest BCUT2D eigenvalue weighted by Crippen LogP contribution is -2.40. The number of aliphatic hydroxyl groups is 1. The molecule has 0 spiro atoms. The first-order valence-corrected chi connectivity index (χ1v) is 14.6. The zero-order chi connectivity index (χ0) is 29.6. The molecule has 2 aliphatic heterocycles. The number of ether oxygens (including phenoxy) is 1. The molecule has 0 radical (unpaired) electrons. The average molecular weight is 568 g/mol. The fraction of sp³-hybridized carbons (Fsp3) is 0.394. The molecule has 6 rings (SSSR count). The molecule has 2 atom stereocenters. The van der Waals surface area contributed by atoms with Gasteiger partial charge < -0.3 is 24.6 Å². The molecule has 9 nitrogen and oxygen atoms in total. The van der Waals surface area contributed by atoms with Crippen molar-refractivity contribution in [3.8, 4) is 11.1 Å². The van der Waals surface area contributed by atoms with Gasteiger partial charge in [0.05, 0.1) is 6.04 Å². The van der Waals surface area contributed by atoms with Gasteiger partial charge in [-0.2, -0.15) is 0 Å². The molecule has 0 aliphatic carbocycles. The predicted octanol–water partition coefficient (Wildman–Crippen LogP) is 5.62. The molecule has 2 N–H and O–H groups in total. The number of carbonyl (C=O) groups excluding carboxylic acids is 2. The molecular weight excluding hydrogens is 530 g/mol. The highest BCUT2D eigenvalue weighted by molar-refractivity contribution is 5.85. The Hall–Kier alpha value is -4.24. The number of hydrogen-bond acceptors (Lipinski definition) is 6. The monoisotopic (exact) mass is 567 g/mol. The first-order valence-electron chi connectivity index (χ1n) is 14.6. The molecule has 2 amide bonds. The molecule has 2 aliphatic rings. The predicted molar refractivity (Wildman–Crippen MR) is 159 cm³/mol. The fourth-order valence-corrected chi connectivity index (χ4v) is 6.12. The van der Waals surface area contributed by atoms with Crippen molar-refractivity contribution in [2.75, 3.05) is 13.1 Å². The summed E-state index contributed by atoms with van der Waals surface area (Å²) in [6.07, 6.45) is 7.67. The lowest BCUT2D eigenvalue weighted by atomic mass is 9.86. The van der Waals surface area contributed by atoms with Crippen LogP contribution in [0.1, 0.15) is 73.6 Å². The van der Waals surface area contributed by atoms with E-state index >= 15 is 0 Å². The molecule has 4 aromatic rings. The van der Waals surface area contributed by atoms with Crippen LogP contribution in [0.2, 0.25) is 0 Å². The maximum Gasteiger partial charge on any atom is 0.410 e. The number of nitrogens with zero attached hydrogens (tertiary/aromatic N) is 4. The highest BCUT2D eigenvalue weighted by Crippen LogP contribution is 2.40. The van der Waals surface area contributed by atoms with E-state index < -0.39 is 11.7 Å². The third-order valence-corrected chi connectivity index (χ3v) is 8.23. The molecule has 0 bridgehead atoms. The quantitative estimate of drug-likeness (QED) is 0.331. The lowest BCUT2D eigenvalue weighted by Gasteiger charge is -2.35. The van der Waals surface area contributed by atoms with Crippen LogP contribution in [0.15, 0.2) is 55.1 Å². The normalized spacial score (nSPS) is 17.8. The van der Waals surface area contributed by atoms with Gasteiger partial charge >= 0.3 is 6.09 Å². The van der Waals surface area contributed by atoms with Crippen molar-refractivity contribution in [2.24, 2.45) is 0 Å². The van der Waals surface area contributed by atoms with Crippen molar-refractivity contribution in [2.45, 2.75) is 71.2 Å². The standard InChI is InChI=1S/C33H37N5O4/c1-20-16-35-30-25(20)15-24(18-36-30)23-13-21-9-12-37(31(40)29(39)22-7-5-10-34-17-22)19-27(21)26(14-23)28-8-6-11-38(28)32(41)42-33(2,3)4/h5,7,10,13-18,28-29,39H,6,8-9,11-12,19H2,1-4H3,(H,35,36)/t28-,29?/m0/s1. The van der Waals surface area contributed by atoms with Gasteiger partial charge in [-0.1, -0.05) is 12.1 Å². The first kappa shape index (κ1) is 27.9. The Morgan fingerprint density at radius 3 is 2.74 bits per heavy atom. The van der Waals surface area contributed by atoms with Gasteiger partial charge in [0.2, 0.25) is 0 Å². The number of aliphatic hydroxyl groups excluding tert-OH is 1. The van der Waals surface area contributed by atoms with E-state index in [1.54, 1.807) is 23.2 Å². The smallest absolute Gasteiger partial charge is 0.410 e. The van der Waals surface area contributed by atoms with Crippen LogP contribution in [0.4, 0.5) is 4.79 Å². The van der Waals surface area contributed by atoms with Crippen molar-refractivity contribution in [3.05, 3.63) is 82.9 Å². The van der Waals surface area contributed by atoms with Crippen molar-refractivity contribution in [1.29, 1.82) is 0 Å². The minimum absolute atomic E-state index is 0.183. The molecule has 0 saturated carbocycles. The Morgan fingerprint density at radius 2 is 1.98 bits per heavy atom. The fourth-order valence-electron chi connectivity index (χ4n) is 6.12. The number of aromatic amines is 1. The number of nitrogens with one attached hydrogen (secondary N) is 1. The summed E-state index contributed by atoms with van der Waals surface area (Å²) in [5.41, 5.74) is 7.07. The summed E-state index contributed by atoms with van der Waals surface area (Å²) in [4.78, 5) is 42.2. The summed E-state index contributed by atoms with van der Waals surface area (Å²) in [5.74, 6) is -0.350. The molecule has 1 aromatic carbocycles. The summed E-state index contributed by atoms with van der Waals surface area (Å²) in [6.45, 7) is 9.14. The Morgan fingerprint density at radius 1 is 1.14 bits per heavy atom. The number of hydrogen-bond donors (Lipinski definition) is 2. The van der Waals surface area contributed by atoms with Crippen molar-refractivity contribution < 1.29 is 19.4 Å². The summed E-state index contributed by atoms with van der Waals surface area (Å²) in [7, 11) is 0. The van der Waals surface area contributed by atoms with Crippen LogP contribution in [-0.4, -0.2) is 60.5 Å². The first-order chi connectivity index (χ1) is 20.1. The minimum Gasteiger partial charge on any atom is -0.444 e. The van der Waals surface area contributed by atoms with Gasteiger partial charge in [0.1, 0.15) is 11.2 Å². The number of amides is 2. The average Bonchev–Trinajstić information content (AvgIpc) is 3.62. The van der Waals surface area contributed by atoms with E-state index in [1.807, 2.05) is 38.1 Å². The molecular formula is C33H37N5O4. The van der Waals surface area contributed by atoms with E-state index in [4.69, 9.17) is 4.74 Å².